The predicted octanol–water partition coefficient (Wildman–Crippen LogP) is 4.78. The molecule has 0 radical (unpaired) electrons. The first-order valence-electron chi connectivity index (χ1n) is 9.35. The van der Waals surface area contributed by atoms with Gasteiger partial charge in [0.1, 0.15) is 5.82 Å². The van der Waals surface area contributed by atoms with Gasteiger partial charge in [0, 0.05) is 11.1 Å². The van der Waals surface area contributed by atoms with Crippen molar-refractivity contribution < 1.29 is 27.9 Å². The average Bonchev–Trinajstić information content (AvgIpc) is 3.26. The van der Waals surface area contributed by atoms with Crippen molar-refractivity contribution in [2.45, 2.75) is 20.1 Å². The van der Waals surface area contributed by atoms with Gasteiger partial charge in [-0.15, -0.1) is 0 Å². The Kier molecular flexibility index (Phi) is 5.58. The fourth-order valence-corrected chi connectivity index (χ4v) is 3.36. The summed E-state index contributed by atoms with van der Waals surface area (Å²) in [7, 11) is 0. The molecule has 1 aromatic heterocycles. The van der Waals surface area contributed by atoms with Crippen LogP contribution < -0.4 is 0 Å². The van der Waals surface area contributed by atoms with Gasteiger partial charge in [-0.3, -0.25) is 0 Å². The summed E-state index contributed by atoms with van der Waals surface area (Å²) in [4.78, 5) is 4.22. The molecule has 0 atom stereocenters. The second-order valence-corrected chi connectivity index (χ2v) is 6.97. The summed E-state index contributed by atoms with van der Waals surface area (Å²) in [5.41, 5.74) is 2.28. The number of halogens is 3. The maximum absolute atomic E-state index is 14.9. The summed E-state index contributed by atoms with van der Waals surface area (Å²) in [5.74, 6) is -2.71. The summed E-state index contributed by atoms with van der Waals surface area (Å²) in [6.45, 7) is 1.14. The number of nitrogens with zero attached hydrogens (tertiary/aromatic N) is 2. The highest BCUT2D eigenvalue weighted by Crippen LogP contribution is 2.33. The van der Waals surface area contributed by atoms with Crippen molar-refractivity contribution in [1.82, 2.24) is 10.1 Å². The minimum absolute atomic E-state index is 0.0196. The van der Waals surface area contributed by atoms with Crippen LogP contribution in [0, 0.1) is 24.4 Å². The van der Waals surface area contributed by atoms with E-state index in [1.165, 1.54) is 18.2 Å². The minimum Gasteiger partial charge on any atom is -0.392 e. The largest absolute Gasteiger partial charge is 0.392 e. The zero-order valence-corrected chi connectivity index (χ0v) is 16.4. The Morgan fingerprint density at radius 3 is 2.35 bits per heavy atom. The summed E-state index contributed by atoms with van der Waals surface area (Å²) < 4.78 is 47.8. The first-order chi connectivity index (χ1) is 14.9. The molecule has 158 valence electrons. The van der Waals surface area contributed by atoms with E-state index in [-0.39, 0.29) is 41.6 Å². The maximum atomic E-state index is 14.9. The molecule has 31 heavy (non-hydrogen) atoms. The number of benzene rings is 3. The highest BCUT2D eigenvalue weighted by Gasteiger charge is 2.19. The average molecular weight is 426 g/mol. The van der Waals surface area contributed by atoms with Crippen molar-refractivity contribution in [2.24, 2.45) is 0 Å². The van der Waals surface area contributed by atoms with Crippen LogP contribution in [0.3, 0.4) is 0 Å². The van der Waals surface area contributed by atoms with E-state index in [0.29, 0.717) is 22.3 Å². The second-order valence-electron chi connectivity index (χ2n) is 6.97. The molecule has 0 aliphatic heterocycles. The van der Waals surface area contributed by atoms with Gasteiger partial charge >= 0.3 is 0 Å². The normalized spacial score (nSPS) is 11.2. The van der Waals surface area contributed by atoms with E-state index in [0.717, 1.165) is 12.1 Å². The molecule has 8 heteroatoms. The Labute approximate surface area is 175 Å². The SMILES string of the molecule is Cc1cc(-c2nc(-c3ccc(CO)c(CO)c3)no2)c(F)cc1-c1cccc(F)c1F. The first-order valence-corrected chi connectivity index (χ1v) is 9.35. The van der Waals surface area contributed by atoms with Gasteiger partial charge in [-0.05, 0) is 53.4 Å². The molecule has 0 aliphatic carbocycles. The van der Waals surface area contributed by atoms with Gasteiger partial charge in [0.2, 0.25) is 5.82 Å². The third-order valence-electron chi connectivity index (χ3n) is 5.02. The molecule has 0 fully saturated rings. The lowest BCUT2D eigenvalue weighted by molar-refractivity contribution is 0.260. The summed E-state index contributed by atoms with van der Waals surface area (Å²) in [6.07, 6.45) is 0. The molecular weight excluding hydrogens is 409 g/mol. The Balaban J connectivity index is 1.73. The third-order valence-corrected chi connectivity index (χ3v) is 5.02. The molecule has 0 amide bonds. The van der Waals surface area contributed by atoms with Crippen molar-refractivity contribution in [1.29, 1.82) is 0 Å². The molecular formula is C23H17F3N2O3. The minimum atomic E-state index is -1.05. The van der Waals surface area contributed by atoms with Crippen molar-refractivity contribution in [2.75, 3.05) is 0 Å². The molecule has 0 aliphatic rings. The van der Waals surface area contributed by atoms with Gasteiger partial charge in [0.15, 0.2) is 11.6 Å². The zero-order valence-electron chi connectivity index (χ0n) is 16.4. The number of aromatic nitrogens is 2. The Morgan fingerprint density at radius 1 is 0.839 bits per heavy atom. The molecule has 4 aromatic rings. The smallest absolute Gasteiger partial charge is 0.261 e. The van der Waals surface area contributed by atoms with Crippen LogP contribution in [-0.4, -0.2) is 20.4 Å². The summed E-state index contributed by atoms with van der Waals surface area (Å²) in [5, 5.41) is 22.6. The van der Waals surface area contributed by atoms with E-state index in [1.54, 1.807) is 25.1 Å². The van der Waals surface area contributed by atoms with Gasteiger partial charge < -0.3 is 14.7 Å². The molecule has 1 heterocycles. The molecule has 5 nitrogen and oxygen atoms in total. The van der Waals surface area contributed by atoms with Gasteiger partial charge in [-0.2, -0.15) is 4.98 Å². The van der Waals surface area contributed by atoms with Crippen LogP contribution >= 0.6 is 0 Å². The van der Waals surface area contributed by atoms with E-state index < -0.39 is 17.5 Å². The number of aliphatic hydroxyl groups excluding tert-OH is 2. The number of rotatable bonds is 5. The van der Waals surface area contributed by atoms with Crippen LogP contribution in [-0.2, 0) is 13.2 Å². The van der Waals surface area contributed by atoms with Crippen LogP contribution in [0.15, 0.2) is 53.1 Å². The quantitative estimate of drug-likeness (QED) is 0.480. The summed E-state index contributed by atoms with van der Waals surface area (Å²) >= 11 is 0. The van der Waals surface area contributed by atoms with E-state index in [9.17, 15) is 23.4 Å². The highest BCUT2D eigenvalue weighted by atomic mass is 19.2. The fraction of sp³-hybridized carbons (Fsp3) is 0.130. The molecule has 0 saturated carbocycles. The lowest BCUT2D eigenvalue weighted by atomic mass is 9.97. The second kappa shape index (κ2) is 8.33. The van der Waals surface area contributed by atoms with Crippen LogP contribution in [0.4, 0.5) is 13.2 Å². The Bertz CT molecular complexity index is 1270. The Morgan fingerprint density at radius 2 is 1.61 bits per heavy atom. The van der Waals surface area contributed by atoms with E-state index >= 15 is 0 Å². The zero-order chi connectivity index (χ0) is 22.1. The molecule has 0 unspecified atom stereocenters. The first kappa shape index (κ1) is 20.8. The van der Waals surface area contributed by atoms with Gasteiger partial charge in [-0.25, -0.2) is 13.2 Å². The Hall–Kier alpha value is -3.49. The van der Waals surface area contributed by atoms with Crippen LogP contribution in [0.5, 0.6) is 0 Å². The highest BCUT2D eigenvalue weighted by molar-refractivity contribution is 5.72. The van der Waals surface area contributed by atoms with Crippen molar-refractivity contribution in [3.8, 4) is 34.0 Å². The van der Waals surface area contributed by atoms with E-state index in [2.05, 4.69) is 10.1 Å². The van der Waals surface area contributed by atoms with Crippen LogP contribution in [0.1, 0.15) is 16.7 Å². The van der Waals surface area contributed by atoms with E-state index in [4.69, 9.17) is 4.52 Å². The van der Waals surface area contributed by atoms with E-state index in [1.807, 2.05) is 0 Å². The topological polar surface area (TPSA) is 79.4 Å². The van der Waals surface area contributed by atoms with Crippen molar-refractivity contribution in [3.63, 3.8) is 0 Å². The van der Waals surface area contributed by atoms with Gasteiger partial charge in [0.05, 0.1) is 18.8 Å². The van der Waals surface area contributed by atoms with Crippen molar-refractivity contribution >= 4 is 0 Å². The molecule has 4 rings (SSSR count). The van der Waals surface area contributed by atoms with Gasteiger partial charge in [0.25, 0.3) is 5.89 Å². The predicted molar refractivity (Wildman–Crippen MR) is 107 cm³/mol. The third kappa shape index (κ3) is 3.83. The molecule has 0 saturated heterocycles. The maximum Gasteiger partial charge on any atom is 0.261 e. The lowest BCUT2D eigenvalue weighted by Crippen LogP contribution is -1.95. The van der Waals surface area contributed by atoms with Crippen LogP contribution in [0.25, 0.3) is 34.0 Å². The van der Waals surface area contributed by atoms with Crippen molar-refractivity contribution in [3.05, 3.63) is 82.7 Å². The fourth-order valence-electron chi connectivity index (χ4n) is 3.36. The van der Waals surface area contributed by atoms with Gasteiger partial charge in [-0.1, -0.05) is 29.4 Å². The standard InChI is InChI=1S/C23H17F3N2O3/c1-12-7-18(20(25)9-17(12)16-3-2-4-19(24)21(16)26)23-27-22(28-31-23)13-5-6-14(10-29)15(8-13)11-30/h2-9,29-30H,10-11H2,1H3. The summed E-state index contributed by atoms with van der Waals surface area (Å²) in [6, 6.07) is 11.1. The molecule has 0 bridgehead atoms. The number of hydrogen-bond acceptors (Lipinski definition) is 5. The monoisotopic (exact) mass is 426 g/mol. The van der Waals surface area contributed by atoms with Crippen LogP contribution in [0.2, 0.25) is 0 Å². The number of aryl methyl sites for hydroxylation is 1. The molecule has 0 spiro atoms. The number of hydrogen-bond donors (Lipinski definition) is 2. The molecule has 2 N–H and O–H groups in total. The lowest BCUT2D eigenvalue weighted by Gasteiger charge is -2.10. The number of aliphatic hydroxyl groups is 2. The molecule has 3 aromatic carbocycles.